The molecule has 0 radical (unpaired) electrons. The molecule has 4 bridgehead atoms. The van der Waals surface area contributed by atoms with Gasteiger partial charge in [-0.2, -0.15) is 0 Å². The van der Waals surface area contributed by atoms with Crippen LogP contribution < -0.4 is 5.32 Å². The van der Waals surface area contributed by atoms with Crippen LogP contribution in [0.25, 0.3) is 0 Å². The number of carbonyl (C=O) groups is 1. The maximum atomic E-state index is 12.8. The number of hydrogen-bond acceptors (Lipinski definition) is 3. The standard InChI is InChI=1S/C18H21ClN2O2/c19-14-4-3-12(15(20-14)9-1-2-9)17(22)21-16-11-5-10-6-18(23,7-11)8-13(10)16/h3-4,9-11,13,16,23H,1-2,5-8H2,(H,21,22)/t10?,11-,13-,16-,18-/m1/s1. The largest absolute Gasteiger partial charge is 0.390 e. The molecular weight excluding hydrogens is 312 g/mol. The zero-order chi connectivity index (χ0) is 15.8. The summed E-state index contributed by atoms with van der Waals surface area (Å²) in [5, 5.41) is 14.3. The van der Waals surface area contributed by atoms with E-state index in [4.69, 9.17) is 11.6 Å². The minimum atomic E-state index is -0.444. The summed E-state index contributed by atoms with van der Waals surface area (Å²) in [5.74, 6) is 1.86. The third-order valence-corrected chi connectivity index (χ3v) is 6.69. The van der Waals surface area contributed by atoms with Gasteiger partial charge in [0.1, 0.15) is 5.15 Å². The summed E-state index contributed by atoms with van der Waals surface area (Å²) >= 11 is 6.01. The molecule has 5 aliphatic rings. The van der Waals surface area contributed by atoms with Gasteiger partial charge in [-0.25, -0.2) is 4.98 Å². The van der Waals surface area contributed by atoms with E-state index >= 15 is 0 Å². The van der Waals surface area contributed by atoms with Crippen molar-refractivity contribution in [2.45, 2.75) is 56.1 Å². The fourth-order valence-corrected chi connectivity index (χ4v) is 5.67. The molecule has 5 saturated carbocycles. The average molecular weight is 333 g/mol. The van der Waals surface area contributed by atoms with E-state index < -0.39 is 5.60 Å². The van der Waals surface area contributed by atoms with Crippen molar-refractivity contribution in [2.24, 2.45) is 17.8 Å². The van der Waals surface area contributed by atoms with Crippen LogP contribution in [-0.2, 0) is 0 Å². The summed E-state index contributed by atoms with van der Waals surface area (Å²) in [6.45, 7) is 0. The molecule has 5 heteroatoms. The molecule has 0 spiro atoms. The normalized spacial score (nSPS) is 40.6. The van der Waals surface area contributed by atoms with Gasteiger partial charge in [0.25, 0.3) is 5.91 Å². The number of halogens is 1. The molecule has 1 aromatic heterocycles. The van der Waals surface area contributed by atoms with Gasteiger partial charge in [0.05, 0.1) is 16.9 Å². The number of rotatable bonds is 3. The Bertz CT molecular complexity index is 686. The van der Waals surface area contributed by atoms with Gasteiger partial charge >= 0.3 is 0 Å². The summed E-state index contributed by atoms with van der Waals surface area (Å²) in [4.78, 5) is 17.2. The zero-order valence-corrected chi connectivity index (χ0v) is 13.7. The number of amides is 1. The van der Waals surface area contributed by atoms with E-state index in [-0.39, 0.29) is 11.9 Å². The Morgan fingerprint density at radius 3 is 2.78 bits per heavy atom. The van der Waals surface area contributed by atoms with Crippen LogP contribution in [-0.4, -0.2) is 27.6 Å². The Morgan fingerprint density at radius 2 is 2.04 bits per heavy atom. The van der Waals surface area contributed by atoms with Crippen molar-refractivity contribution in [3.8, 4) is 0 Å². The number of hydrogen-bond donors (Lipinski definition) is 2. The van der Waals surface area contributed by atoms with E-state index in [9.17, 15) is 9.90 Å². The van der Waals surface area contributed by atoms with Gasteiger partial charge in [-0.05, 0) is 68.4 Å². The fraction of sp³-hybridized carbons (Fsp3) is 0.667. The summed E-state index contributed by atoms with van der Waals surface area (Å²) < 4.78 is 0. The summed E-state index contributed by atoms with van der Waals surface area (Å²) in [7, 11) is 0. The van der Waals surface area contributed by atoms with E-state index in [1.54, 1.807) is 6.07 Å². The maximum absolute atomic E-state index is 12.8. The minimum absolute atomic E-state index is 0.0101. The highest BCUT2D eigenvalue weighted by atomic mass is 35.5. The molecule has 4 nitrogen and oxygen atoms in total. The Labute approximate surface area is 140 Å². The predicted octanol–water partition coefficient (Wildman–Crippen LogP) is 2.89. The van der Waals surface area contributed by atoms with E-state index in [0.29, 0.717) is 34.4 Å². The molecule has 0 aromatic carbocycles. The van der Waals surface area contributed by atoms with Crippen LogP contribution in [0.3, 0.4) is 0 Å². The number of pyridine rings is 1. The van der Waals surface area contributed by atoms with Gasteiger partial charge in [0.15, 0.2) is 0 Å². The quantitative estimate of drug-likeness (QED) is 0.837. The first kappa shape index (κ1) is 14.2. The first-order chi connectivity index (χ1) is 11.0. The first-order valence-electron chi connectivity index (χ1n) is 8.72. The Hall–Kier alpha value is -1.13. The number of aliphatic hydroxyl groups is 1. The van der Waals surface area contributed by atoms with Crippen molar-refractivity contribution in [1.82, 2.24) is 10.3 Å². The smallest absolute Gasteiger partial charge is 0.253 e. The number of aromatic nitrogens is 1. The highest BCUT2D eigenvalue weighted by Gasteiger charge is 2.60. The van der Waals surface area contributed by atoms with Crippen LogP contribution in [0.5, 0.6) is 0 Å². The molecule has 2 N–H and O–H groups in total. The molecule has 1 unspecified atom stereocenters. The lowest BCUT2D eigenvalue weighted by Gasteiger charge is -2.38. The lowest BCUT2D eigenvalue weighted by Crippen LogP contribution is -2.48. The minimum Gasteiger partial charge on any atom is -0.390 e. The van der Waals surface area contributed by atoms with Gasteiger partial charge in [0.2, 0.25) is 0 Å². The summed E-state index contributed by atoms with van der Waals surface area (Å²) in [6.07, 6.45) is 5.98. The Kier molecular flexibility index (Phi) is 2.91. The van der Waals surface area contributed by atoms with Crippen molar-refractivity contribution >= 4 is 17.5 Å². The van der Waals surface area contributed by atoms with Crippen LogP contribution in [0.4, 0.5) is 0 Å². The SMILES string of the molecule is O=C(N[C@@H]1[C@@H]2CC3C[C@@](O)(C2)C[C@H]31)c1ccc(Cl)nc1C1CC1. The van der Waals surface area contributed by atoms with Crippen LogP contribution in [0.15, 0.2) is 12.1 Å². The van der Waals surface area contributed by atoms with E-state index in [1.807, 2.05) is 6.07 Å². The van der Waals surface area contributed by atoms with Crippen molar-refractivity contribution < 1.29 is 9.90 Å². The second-order valence-electron chi connectivity index (χ2n) is 8.10. The molecule has 0 aliphatic heterocycles. The first-order valence-corrected chi connectivity index (χ1v) is 9.10. The average Bonchev–Trinajstić information content (AvgIpc) is 3.27. The highest BCUT2D eigenvalue weighted by Crippen LogP contribution is 2.60. The van der Waals surface area contributed by atoms with Crippen molar-refractivity contribution in [3.05, 3.63) is 28.5 Å². The van der Waals surface area contributed by atoms with Gasteiger partial charge in [-0.1, -0.05) is 11.6 Å². The van der Waals surface area contributed by atoms with Gasteiger partial charge < -0.3 is 10.4 Å². The number of nitrogens with one attached hydrogen (secondary N) is 1. The fourth-order valence-electron chi connectivity index (χ4n) is 5.52. The summed E-state index contributed by atoms with van der Waals surface area (Å²) in [5.41, 5.74) is 1.11. The van der Waals surface area contributed by atoms with Crippen molar-refractivity contribution in [2.75, 3.05) is 0 Å². The zero-order valence-electron chi connectivity index (χ0n) is 13.0. The molecule has 122 valence electrons. The maximum Gasteiger partial charge on any atom is 0.253 e. The summed E-state index contributed by atoms with van der Waals surface area (Å²) in [6, 6.07) is 3.74. The topological polar surface area (TPSA) is 62.2 Å². The molecule has 0 saturated heterocycles. The molecule has 1 aromatic rings. The van der Waals surface area contributed by atoms with Gasteiger partial charge in [-0.3, -0.25) is 4.79 Å². The second kappa shape index (κ2) is 4.70. The molecule has 1 heterocycles. The van der Waals surface area contributed by atoms with Crippen LogP contribution in [0.2, 0.25) is 5.15 Å². The monoisotopic (exact) mass is 332 g/mol. The van der Waals surface area contributed by atoms with Crippen LogP contribution >= 0.6 is 11.6 Å². The van der Waals surface area contributed by atoms with E-state index in [0.717, 1.165) is 44.2 Å². The van der Waals surface area contributed by atoms with E-state index in [2.05, 4.69) is 10.3 Å². The molecule has 23 heavy (non-hydrogen) atoms. The lowest BCUT2D eigenvalue weighted by molar-refractivity contribution is -0.0192. The van der Waals surface area contributed by atoms with Crippen LogP contribution in [0.1, 0.15) is 60.5 Å². The highest BCUT2D eigenvalue weighted by molar-refractivity contribution is 6.29. The van der Waals surface area contributed by atoms with Gasteiger partial charge in [0, 0.05) is 12.0 Å². The lowest BCUT2D eigenvalue weighted by atomic mass is 9.76. The molecular formula is C18H21ClN2O2. The number of carbonyl (C=O) groups excluding carboxylic acids is 1. The third kappa shape index (κ3) is 2.22. The molecule has 6 rings (SSSR count). The van der Waals surface area contributed by atoms with E-state index in [1.165, 1.54) is 0 Å². The number of nitrogens with zero attached hydrogens (tertiary/aromatic N) is 1. The molecule has 5 aliphatic carbocycles. The molecule has 5 atom stereocenters. The van der Waals surface area contributed by atoms with Crippen molar-refractivity contribution in [3.63, 3.8) is 0 Å². The van der Waals surface area contributed by atoms with Gasteiger partial charge in [-0.15, -0.1) is 0 Å². The van der Waals surface area contributed by atoms with Crippen molar-refractivity contribution in [1.29, 1.82) is 0 Å². The Balaban J connectivity index is 1.39. The third-order valence-electron chi connectivity index (χ3n) is 6.48. The Morgan fingerprint density at radius 1 is 1.26 bits per heavy atom. The van der Waals surface area contributed by atoms with Crippen LogP contribution in [0, 0.1) is 17.8 Å². The molecule has 5 fully saturated rings. The molecule has 1 amide bonds. The predicted molar refractivity (Wildman–Crippen MR) is 86.4 cm³/mol. The second-order valence-corrected chi connectivity index (χ2v) is 8.48.